The number of nitrogens with zero attached hydrogens (tertiary/aromatic N) is 3. The maximum atomic E-state index is 4.54. The Morgan fingerprint density at radius 1 is 0.864 bits per heavy atom. The Kier molecular flexibility index (Phi) is 3.16. The highest BCUT2D eigenvalue weighted by Gasteiger charge is 2.07. The molecule has 22 heavy (non-hydrogen) atoms. The average Bonchev–Trinajstić information content (AvgIpc) is 3.04. The van der Waals surface area contributed by atoms with Crippen molar-refractivity contribution in [2.24, 2.45) is 0 Å². The van der Waals surface area contributed by atoms with Crippen LogP contribution in [-0.4, -0.2) is 14.5 Å². The fourth-order valence-corrected chi connectivity index (χ4v) is 2.81. The van der Waals surface area contributed by atoms with Gasteiger partial charge in [0.15, 0.2) is 0 Å². The third-order valence-corrected chi connectivity index (χ3v) is 3.84. The van der Waals surface area contributed by atoms with Crippen LogP contribution < -0.4 is 0 Å². The highest BCUT2D eigenvalue weighted by atomic mass is 15.0. The SMILES string of the molecule is c1cncc(-c2cccn2Cc2cccc3cccnc23)c1. The van der Waals surface area contributed by atoms with Crippen LogP contribution in [0.2, 0.25) is 0 Å². The second-order valence-electron chi connectivity index (χ2n) is 5.26. The van der Waals surface area contributed by atoms with E-state index in [2.05, 4.69) is 63.2 Å². The monoisotopic (exact) mass is 285 g/mol. The molecule has 106 valence electrons. The van der Waals surface area contributed by atoms with Gasteiger partial charge in [0.25, 0.3) is 0 Å². The zero-order chi connectivity index (χ0) is 14.8. The molecule has 0 aliphatic carbocycles. The van der Waals surface area contributed by atoms with Gasteiger partial charge in [-0.1, -0.05) is 24.3 Å². The molecule has 1 aromatic carbocycles. The first-order valence-electron chi connectivity index (χ1n) is 7.30. The highest BCUT2D eigenvalue weighted by Crippen LogP contribution is 2.22. The molecule has 0 atom stereocenters. The molecular formula is C19H15N3. The van der Waals surface area contributed by atoms with Crippen LogP contribution in [0.3, 0.4) is 0 Å². The van der Waals surface area contributed by atoms with Gasteiger partial charge in [-0.15, -0.1) is 0 Å². The van der Waals surface area contributed by atoms with E-state index in [0.717, 1.165) is 17.6 Å². The standard InChI is InChI=1S/C19H15N3/c1-5-15-7-3-11-21-19(15)17(6-1)14-22-12-4-9-18(22)16-8-2-10-20-13-16/h1-13H,14H2. The summed E-state index contributed by atoms with van der Waals surface area (Å²) in [7, 11) is 0. The Morgan fingerprint density at radius 2 is 1.77 bits per heavy atom. The molecule has 4 aromatic rings. The minimum absolute atomic E-state index is 0.797. The first-order valence-corrected chi connectivity index (χ1v) is 7.30. The predicted octanol–water partition coefficient (Wildman–Crippen LogP) is 4.15. The molecule has 3 heterocycles. The second kappa shape index (κ2) is 5.45. The van der Waals surface area contributed by atoms with E-state index in [9.17, 15) is 0 Å². The summed E-state index contributed by atoms with van der Waals surface area (Å²) in [6.45, 7) is 0.797. The quantitative estimate of drug-likeness (QED) is 0.566. The molecule has 3 aromatic heterocycles. The van der Waals surface area contributed by atoms with Crippen LogP contribution in [0.4, 0.5) is 0 Å². The molecule has 3 nitrogen and oxygen atoms in total. The molecule has 0 aliphatic rings. The summed E-state index contributed by atoms with van der Waals surface area (Å²) in [6, 6.07) is 18.6. The van der Waals surface area contributed by atoms with Crippen LogP contribution >= 0.6 is 0 Å². The third kappa shape index (κ3) is 2.27. The Balaban J connectivity index is 1.77. The zero-order valence-electron chi connectivity index (χ0n) is 12.1. The molecule has 0 amide bonds. The van der Waals surface area contributed by atoms with E-state index >= 15 is 0 Å². The molecule has 3 heteroatoms. The Hall–Kier alpha value is -2.94. The molecule has 0 radical (unpaired) electrons. The summed E-state index contributed by atoms with van der Waals surface area (Å²) >= 11 is 0. The fraction of sp³-hybridized carbons (Fsp3) is 0.0526. The van der Waals surface area contributed by atoms with Gasteiger partial charge in [-0.2, -0.15) is 0 Å². The smallest absolute Gasteiger partial charge is 0.0751 e. The van der Waals surface area contributed by atoms with Crippen molar-refractivity contribution >= 4 is 10.9 Å². The lowest BCUT2D eigenvalue weighted by Crippen LogP contribution is -2.01. The number of hydrogen-bond donors (Lipinski definition) is 0. The first-order chi connectivity index (χ1) is 10.9. The van der Waals surface area contributed by atoms with Crippen LogP contribution in [0.1, 0.15) is 5.56 Å². The first kappa shape index (κ1) is 12.8. The Labute approximate surface area is 128 Å². The summed E-state index contributed by atoms with van der Waals surface area (Å²) in [5.74, 6) is 0. The number of aromatic nitrogens is 3. The maximum Gasteiger partial charge on any atom is 0.0751 e. The van der Waals surface area contributed by atoms with E-state index in [-0.39, 0.29) is 0 Å². The number of benzene rings is 1. The molecule has 0 N–H and O–H groups in total. The van der Waals surface area contributed by atoms with Crippen LogP contribution in [0.25, 0.3) is 22.2 Å². The van der Waals surface area contributed by atoms with E-state index in [1.807, 2.05) is 24.5 Å². The van der Waals surface area contributed by atoms with E-state index in [1.54, 1.807) is 6.20 Å². The fourth-order valence-electron chi connectivity index (χ4n) is 2.81. The largest absolute Gasteiger partial charge is 0.343 e. The molecule has 0 bridgehead atoms. The molecule has 4 rings (SSSR count). The minimum atomic E-state index is 0.797. The number of hydrogen-bond acceptors (Lipinski definition) is 2. The normalized spacial score (nSPS) is 10.9. The van der Waals surface area contributed by atoms with Gasteiger partial charge in [-0.05, 0) is 35.9 Å². The van der Waals surface area contributed by atoms with Gasteiger partial charge in [0, 0.05) is 48.0 Å². The zero-order valence-corrected chi connectivity index (χ0v) is 12.1. The summed E-state index contributed by atoms with van der Waals surface area (Å²) in [6.07, 6.45) is 7.65. The van der Waals surface area contributed by atoms with Gasteiger partial charge in [0.1, 0.15) is 0 Å². The predicted molar refractivity (Wildman–Crippen MR) is 88.5 cm³/mol. The number of rotatable bonds is 3. The van der Waals surface area contributed by atoms with Crippen molar-refractivity contribution in [2.45, 2.75) is 6.54 Å². The summed E-state index contributed by atoms with van der Waals surface area (Å²) < 4.78 is 2.24. The number of pyridine rings is 2. The number of para-hydroxylation sites is 1. The van der Waals surface area contributed by atoms with Crippen molar-refractivity contribution < 1.29 is 0 Å². The van der Waals surface area contributed by atoms with E-state index < -0.39 is 0 Å². The van der Waals surface area contributed by atoms with Crippen LogP contribution in [0.15, 0.2) is 79.4 Å². The third-order valence-electron chi connectivity index (χ3n) is 3.84. The van der Waals surface area contributed by atoms with Gasteiger partial charge in [-0.25, -0.2) is 0 Å². The number of fused-ring (bicyclic) bond motifs is 1. The van der Waals surface area contributed by atoms with Crippen molar-refractivity contribution in [2.75, 3.05) is 0 Å². The maximum absolute atomic E-state index is 4.54. The van der Waals surface area contributed by atoms with Crippen molar-refractivity contribution in [3.8, 4) is 11.3 Å². The Morgan fingerprint density at radius 3 is 2.68 bits per heavy atom. The van der Waals surface area contributed by atoms with Crippen molar-refractivity contribution in [1.29, 1.82) is 0 Å². The van der Waals surface area contributed by atoms with E-state index in [1.165, 1.54) is 16.6 Å². The van der Waals surface area contributed by atoms with Gasteiger partial charge >= 0.3 is 0 Å². The molecule has 0 spiro atoms. The molecule has 0 aliphatic heterocycles. The lowest BCUT2D eigenvalue weighted by molar-refractivity contribution is 0.817. The molecule has 0 saturated carbocycles. The molecular weight excluding hydrogens is 270 g/mol. The van der Waals surface area contributed by atoms with Crippen LogP contribution in [0, 0.1) is 0 Å². The molecule has 0 saturated heterocycles. The second-order valence-corrected chi connectivity index (χ2v) is 5.26. The summed E-state index contributed by atoms with van der Waals surface area (Å²) in [4.78, 5) is 8.75. The van der Waals surface area contributed by atoms with Gasteiger partial charge in [0.2, 0.25) is 0 Å². The molecule has 0 fully saturated rings. The van der Waals surface area contributed by atoms with E-state index in [4.69, 9.17) is 0 Å². The van der Waals surface area contributed by atoms with Crippen molar-refractivity contribution in [3.05, 3.63) is 84.9 Å². The lowest BCUT2D eigenvalue weighted by Gasteiger charge is -2.11. The summed E-state index contributed by atoms with van der Waals surface area (Å²) in [5, 5.41) is 1.18. The van der Waals surface area contributed by atoms with Gasteiger partial charge in [-0.3, -0.25) is 9.97 Å². The van der Waals surface area contributed by atoms with Crippen LogP contribution in [-0.2, 0) is 6.54 Å². The van der Waals surface area contributed by atoms with Crippen LogP contribution in [0.5, 0.6) is 0 Å². The lowest BCUT2D eigenvalue weighted by atomic mass is 10.1. The van der Waals surface area contributed by atoms with E-state index in [0.29, 0.717) is 0 Å². The summed E-state index contributed by atoms with van der Waals surface area (Å²) in [5.41, 5.74) is 4.58. The molecule has 0 unspecified atom stereocenters. The Bertz CT molecular complexity index is 905. The highest BCUT2D eigenvalue weighted by molar-refractivity contribution is 5.81. The van der Waals surface area contributed by atoms with Crippen molar-refractivity contribution in [3.63, 3.8) is 0 Å². The topological polar surface area (TPSA) is 30.7 Å². The van der Waals surface area contributed by atoms with Crippen molar-refractivity contribution in [1.82, 2.24) is 14.5 Å². The van der Waals surface area contributed by atoms with Gasteiger partial charge in [0.05, 0.1) is 5.52 Å². The van der Waals surface area contributed by atoms with Gasteiger partial charge < -0.3 is 4.57 Å². The average molecular weight is 285 g/mol. The minimum Gasteiger partial charge on any atom is -0.343 e.